The first-order chi connectivity index (χ1) is 16.8. The van der Waals surface area contributed by atoms with E-state index in [9.17, 15) is 13.2 Å². The van der Waals surface area contributed by atoms with E-state index < -0.39 is 23.9 Å². The quantitative estimate of drug-likeness (QED) is 0.275. The van der Waals surface area contributed by atoms with Gasteiger partial charge in [-0.05, 0) is 23.2 Å². The van der Waals surface area contributed by atoms with E-state index in [0.717, 1.165) is 0 Å². The smallest absolute Gasteiger partial charge is 0.326 e. The maximum atomic E-state index is 13.9. The van der Waals surface area contributed by atoms with Crippen molar-refractivity contribution in [3.8, 4) is 0 Å². The number of halogens is 4. The molecule has 1 aromatic carbocycles. The molecule has 0 radical (unpaired) electrons. The van der Waals surface area contributed by atoms with Crippen molar-refractivity contribution in [3.05, 3.63) is 85.3 Å². The van der Waals surface area contributed by atoms with Gasteiger partial charge in [-0.15, -0.1) is 11.3 Å². The highest BCUT2D eigenvalue weighted by atomic mass is 35.5. The summed E-state index contributed by atoms with van der Waals surface area (Å²) in [6.07, 6.45) is 4.45. The molecule has 1 fully saturated rings. The van der Waals surface area contributed by atoms with E-state index in [4.69, 9.17) is 27.9 Å². The van der Waals surface area contributed by atoms with Gasteiger partial charge in [0.15, 0.2) is 10.8 Å². The van der Waals surface area contributed by atoms with Gasteiger partial charge in [0.2, 0.25) is 0 Å². The second-order valence-electron chi connectivity index (χ2n) is 8.22. The van der Waals surface area contributed by atoms with E-state index in [0.29, 0.717) is 37.9 Å². The Bertz CT molecular complexity index is 1380. The van der Waals surface area contributed by atoms with Crippen LogP contribution < -0.4 is 5.73 Å². The van der Waals surface area contributed by atoms with E-state index >= 15 is 0 Å². The molecule has 0 unspecified atom stereocenters. The molecule has 3 aromatic rings. The van der Waals surface area contributed by atoms with Gasteiger partial charge in [0.05, 0.1) is 6.20 Å². The summed E-state index contributed by atoms with van der Waals surface area (Å²) in [7, 11) is 0. The van der Waals surface area contributed by atoms with Crippen LogP contribution in [-0.2, 0) is 0 Å². The largest absolute Gasteiger partial charge is 0.333 e. The number of hydrogen-bond acceptors (Lipinski definition) is 7. The van der Waals surface area contributed by atoms with Crippen LogP contribution in [0, 0.1) is 5.82 Å². The standard InChI is InChI=1S/C21H17ClF3N9S/c22-14-5-12(23)1-2-13(14)17-16(11-7-30-34(8-11)20(24)25)15-6-21(26,9-29-32-27)10-33(15)18(31-17)19-28-3-4-35-19/h1-5,7-8,17,20H,6,9-10,26H2/t17-,21-/m0/s1. The molecule has 180 valence electrons. The van der Waals surface area contributed by atoms with Crippen molar-refractivity contribution >= 4 is 34.3 Å². The van der Waals surface area contributed by atoms with Crippen molar-refractivity contribution in [2.24, 2.45) is 15.8 Å². The number of fused-ring (bicyclic) bond motifs is 1. The number of amidine groups is 1. The van der Waals surface area contributed by atoms with Gasteiger partial charge in [0.25, 0.3) is 0 Å². The molecule has 0 amide bonds. The number of aliphatic imine (C=N–C) groups is 1. The molecule has 2 aromatic heterocycles. The minimum atomic E-state index is -2.83. The molecule has 9 nitrogen and oxygen atoms in total. The van der Waals surface area contributed by atoms with Crippen LogP contribution in [0.15, 0.2) is 58.0 Å². The third-order valence-corrected chi connectivity index (χ3v) is 6.95. The second-order valence-corrected chi connectivity index (χ2v) is 9.52. The fourth-order valence-electron chi connectivity index (χ4n) is 4.39. The summed E-state index contributed by atoms with van der Waals surface area (Å²) in [6, 6.07) is 3.19. The first-order valence-corrected chi connectivity index (χ1v) is 11.6. The monoisotopic (exact) mass is 519 g/mol. The Labute approximate surface area is 206 Å². The normalized spacial score (nSPS) is 21.8. The van der Waals surface area contributed by atoms with Crippen LogP contribution in [0.4, 0.5) is 13.2 Å². The van der Waals surface area contributed by atoms with Crippen molar-refractivity contribution in [2.75, 3.05) is 13.1 Å². The van der Waals surface area contributed by atoms with Gasteiger partial charge in [-0.1, -0.05) is 22.8 Å². The fourth-order valence-corrected chi connectivity index (χ4v) is 5.30. The number of thiazole rings is 1. The molecule has 4 heterocycles. The third kappa shape index (κ3) is 4.27. The predicted octanol–water partition coefficient (Wildman–Crippen LogP) is 5.15. The zero-order valence-electron chi connectivity index (χ0n) is 17.9. The van der Waals surface area contributed by atoms with Crippen molar-refractivity contribution in [2.45, 2.75) is 24.6 Å². The predicted molar refractivity (Wildman–Crippen MR) is 125 cm³/mol. The van der Waals surface area contributed by atoms with Crippen molar-refractivity contribution in [1.82, 2.24) is 19.7 Å². The number of nitrogens with zero attached hydrogens (tertiary/aromatic N) is 8. The Balaban J connectivity index is 1.75. The summed E-state index contributed by atoms with van der Waals surface area (Å²) in [6.45, 7) is -2.56. The Kier molecular flexibility index (Phi) is 6.01. The molecule has 0 bridgehead atoms. The minimum absolute atomic E-state index is 0.0141. The van der Waals surface area contributed by atoms with Crippen LogP contribution in [0.5, 0.6) is 0 Å². The zero-order valence-corrected chi connectivity index (χ0v) is 19.5. The molecular formula is C21H17ClF3N9S. The second kappa shape index (κ2) is 9.00. The molecule has 2 aliphatic heterocycles. The van der Waals surface area contributed by atoms with Gasteiger partial charge in [0, 0.05) is 69.6 Å². The van der Waals surface area contributed by atoms with Crippen molar-refractivity contribution in [1.29, 1.82) is 0 Å². The van der Waals surface area contributed by atoms with E-state index in [1.807, 2.05) is 4.90 Å². The Hall–Kier alpha value is -3.38. The number of rotatable bonds is 6. The molecule has 0 saturated carbocycles. The average Bonchev–Trinajstić information content (AvgIpc) is 3.57. The Morgan fingerprint density at radius 1 is 1.40 bits per heavy atom. The summed E-state index contributed by atoms with van der Waals surface area (Å²) in [5.41, 5.74) is 16.7. The van der Waals surface area contributed by atoms with Crippen LogP contribution in [0.25, 0.3) is 16.0 Å². The summed E-state index contributed by atoms with van der Waals surface area (Å²) < 4.78 is 41.1. The SMILES string of the molecule is [N-]=[N+]=NC[C@@]1(N)CC2=C(c3cnn(C(F)F)c3)[C@H](c3ccc(F)cc3Cl)N=C(c3nccs3)N2C1. The van der Waals surface area contributed by atoms with Gasteiger partial charge < -0.3 is 10.6 Å². The lowest BCUT2D eigenvalue weighted by Gasteiger charge is -2.32. The molecule has 2 N–H and O–H groups in total. The number of azide groups is 1. The topological polar surface area (TPSA) is 121 Å². The van der Waals surface area contributed by atoms with E-state index in [1.54, 1.807) is 11.6 Å². The van der Waals surface area contributed by atoms with Crippen LogP contribution in [0.2, 0.25) is 5.02 Å². The zero-order chi connectivity index (χ0) is 24.7. The van der Waals surface area contributed by atoms with Crippen LogP contribution in [-0.4, -0.2) is 44.1 Å². The van der Waals surface area contributed by atoms with E-state index in [-0.39, 0.29) is 24.5 Å². The molecule has 2 aliphatic rings. The molecular weight excluding hydrogens is 503 g/mol. The number of benzene rings is 1. The third-order valence-electron chi connectivity index (χ3n) is 5.85. The van der Waals surface area contributed by atoms with Gasteiger partial charge in [-0.2, -0.15) is 13.9 Å². The van der Waals surface area contributed by atoms with Crippen LogP contribution in [0.1, 0.15) is 35.1 Å². The highest BCUT2D eigenvalue weighted by Crippen LogP contribution is 2.48. The average molecular weight is 520 g/mol. The maximum absolute atomic E-state index is 13.9. The molecule has 0 spiro atoms. The van der Waals surface area contributed by atoms with Gasteiger partial charge in [0.1, 0.15) is 11.9 Å². The highest BCUT2D eigenvalue weighted by Gasteiger charge is 2.45. The minimum Gasteiger partial charge on any atom is -0.326 e. The van der Waals surface area contributed by atoms with Crippen molar-refractivity contribution in [3.63, 3.8) is 0 Å². The summed E-state index contributed by atoms with van der Waals surface area (Å²) in [5.74, 6) is -0.00472. The number of hydrogen-bond donors (Lipinski definition) is 1. The summed E-state index contributed by atoms with van der Waals surface area (Å²) in [5, 5.41) is 10.0. The fraction of sp³-hybridized carbons (Fsp3) is 0.286. The molecule has 5 rings (SSSR count). The Morgan fingerprint density at radius 2 is 2.23 bits per heavy atom. The highest BCUT2D eigenvalue weighted by molar-refractivity contribution is 7.11. The lowest BCUT2D eigenvalue weighted by atomic mass is 9.89. The molecule has 0 aliphatic carbocycles. The Morgan fingerprint density at radius 3 is 2.89 bits per heavy atom. The summed E-state index contributed by atoms with van der Waals surface area (Å²) in [4.78, 5) is 14.0. The van der Waals surface area contributed by atoms with Crippen molar-refractivity contribution < 1.29 is 13.2 Å². The molecule has 1 saturated heterocycles. The van der Waals surface area contributed by atoms with E-state index in [2.05, 4.69) is 20.1 Å². The lowest BCUT2D eigenvalue weighted by Crippen LogP contribution is -2.46. The number of aromatic nitrogens is 3. The van der Waals surface area contributed by atoms with Gasteiger partial charge in [-0.25, -0.2) is 14.1 Å². The maximum Gasteiger partial charge on any atom is 0.333 e. The van der Waals surface area contributed by atoms with E-state index in [1.165, 1.54) is 41.9 Å². The molecule has 2 atom stereocenters. The number of nitrogens with two attached hydrogens (primary N) is 1. The first kappa shape index (κ1) is 23.4. The van der Waals surface area contributed by atoms with Gasteiger partial charge in [-0.3, -0.25) is 4.99 Å². The molecule has 14 heteroatoms. The van der Waals surface area contributed by atoms with Crippen LogP contribution >= 0.6 is 22.9 Å². The lowest BCUT2D eigenvalue weighted by molar-refractivity contribution is 0.0566. The van der Waals surface area contributed by atoms with Crippen LogP contribution in [0.3, 0.4) is 0 Å². The summed E-state index contributed by atoms with van der Waals surface area (Å²) >= 11 is 7.80. The first-order valence-electron chi connectivity index (χ1n) is 10.4. The number of alkyl halides is 2. The van der Waals surface area contributed by atoms with Gasteiger partial charge >= 0.3 is 6.55 Å². The molecule has 35 heavy (non-hydrogen) atoms.